The van der Waals surface area contributed by atoms with Gasteiger partial charge in [0, 0.05) is 57.4 Å². The molecule has 278 valence electrons. The number of nitrogens with two attached hydrogens (primary N) is 3. The van der Waals surface area contributed by atoms with Crippen LogP contribution in [0.25, 0.3) is 11.0 Å². The Bertz CT molecular complexity index is 1910. The first-order valence-corrected chi connectivity index (χ1v) is 16.9. The van der Waals surface area contributed by atoms with Crippen LogP contribution >= 0.6 is 0 Å². The molecule has 2 aromatic heterocycles. The summed E-state index contributed by atoms with van der Waals surface area (Å²) in [6, 6.07) is 8.13. The van der Waals surface area contributed by atoms with E-state index in [1.807, 2.05) is 42.7 Å². The van der Waals surface area contributed by atoms with E-state index in [2.05, 4.69) is 25.6 Å². The van der Waals surface area contributed by atoms with Gasteiger partial charge in [-0.1, -0.05) is 24.3 Å². The lowest BCUT2D eigenvalue weighted by Gasteiger charge is -2.25. The van der Waals surface area contributed by atoms with Crippen molar-refractivity contribution in [2.75, 3.05) is 76.5 Å². The second-order valence-corrected chi connectivity index (χ2v) is 11.7. The quantitative estimate of drug-likeness (QED) is 0.0642. The number of benzene rings is 2. The van der Waals surface area contributed by atoms with Crippen LogP contribution < -0.4 is 37.3 Å². The van der Waals surface area contributed by atoms with Gasteiger partial charge in [0.05, 0.1) is 37.2 Å². The molecule has 1 saturated heterocycles. The fourth-order valence-corrected chi connectivity index (χ4v) is 5.53. The second-order valence-electron chi connectivity index (χ2n) is 11.7. The van der Waals surface area contributed by atoms with Gasteiger partial charge in [0.2, 0.25) is 17.8 Å². The largest absolute Gasteiger partial charge is 0.494 e. The van der Waals surface area contributed by atoms with Gasteiger partial charge in [-0.15, -0.1) is 0 Å². The van der Waals surface area contributed by atoms with E-state index < -0.39 is 11.8 Å². The number of nitrogens with one attached hydrogen (secondary N) is 2. The number of anilines is 3. The zero-order chi connectivity index (χ0) is 37.6. The number of aromatic nitrogens is 4. The molecule has 8 N–H and O–H groups in total. The van der Waals surface area contributed by atoms with Crippen molar-refractivity contribution in [2.45, 2.75) is 26.9 Å². The monoisotopic (exact) mass is 716 g/mol. The summed E-state index contributed by atoms with van der Waals surface area (Å²) in [5, 5.41) is 10.4. The Labute approximate surface area is 302 Å². The highest BCUT2D eigenvalue weighted by Gasteiger charge is 2.17. The van der Waals surface area contributed by atoms with Crippen LogP contribution in [0.5, 0.6) is 11.5 Å². The molecule has 2 aromatic carbocycles. The van der Waals surface area contributed by atoms with Crippen LogP contribution in [0.15, 0.2) is 54.6 Å². The van der Waals surface area contributed by atoms with E-state index in [-0.39, 0.29) is 5.56 Å². The molecule has 16 nitrogen and oxygen atoms in total. The summed E-state index contributed by atoms with van der Waals surface area (Å²) >= 11 is 0. The number of nitrogen functional groups attached to an aromatic ring is 1. The summed E-state index contributed by atoms with van der Waals surface area (Å²) in [5.41, 5.74) is 21.6. The van der Waals surface area contributed by atoms with Crippen LogP contribution in [0.3, 0.4) is 0 Å². The Kier molecular flexibility index (Phi) is 14.2. The third-order valence-corrected chi connectivity index (χ3v) is 8.13. The maximum atomic E-state index is 11.8. The number of aldehydes is 1. The SMILES string of the molecule is CCn1nc(C)cc1C=O.CNc1nc2cc(C(N)=O)cc(OC)c2n1C/C=C/CNc1c(N)cc(C(N)=O)cc1OC/C=C\CN1CCOCC1. The third-order valence-electron chi connectivity index (χ3n) is 8.13. The second kappa shape index (κ2) is 18.9. The average molecular weight is 717 g/mol. The van der Waals surface area contributed by atoms with E-state index in [0.717, 1.165) is 56.9 Å². The number of methoxy groups -OCH3 is 1. The number of hydrogen-bond acceptors (Lipinski definition) is 12. The maximum absolute atomic E-state index is 11.8. The fraction of sp³-hybridized carbons (Fsp3) is 0.361. The molecule has 1 aliphatic heterocycles. The third kappa shape index (κ3) is 10.1. The highest BCUT2D eigenvalue weighted by Crippen LogP contribution is 2.33. The number of morpholine rings is 1. The predicted octanol–water partition coefficient (Wildman–Crippen LogP) is 2.83. The highest BCUT2D eigenvalue weighted by molar-refractivity contribution is 5.99. The molecular weight excluding hydrogens is 668 g/mol. The number of nitrogens with zero attached hydrogens (tertiary/aromatic N) is 5. The smallest absolute Gasteiger partial charge is 0.248 e. The summed E-state index contributed by atoms with van der Waals surface area (Å²) < 4.78 is 20.5. The van der Waals surface area contributed by atoms with Gasteiger partial charge in [0.1, 0.15) is 35.0 Å². The lowest BCUT2D eigenvalue weighted by atomic mass is 10.1. The van der Waals surface area contributed by atoms with Gasteiger partial charge < -0.3 is 46.6 Å². The van der Waals surface area contributed by atoms with E-state index in [4.69, 9.17) is 31.4 Å². The molecule has 4 aromatic rings. The Morgan fingerprint density at radius 1 is 0.981 bits per heavy atom. The number of imidazole rings is 1. The average Bonchev–Trinajstić information content (AvgIpc) is 3.71. The summed E-state index contributed by atoms with van der Waals surface area (Å²) in [5.74, 6) is 0.377. The van der Waals surface area contributed by atoms with Crippen molar-refractivity contribution in [1.29, 1.82) is 0 Å². The first-order chi connectivity index (χ1) is 25.1. The molecule has 0 unspecified atom stereocenters. The molecule has 0 saturated carbocycles. The Hall–Kier alpha value is -5.87. The minimum atomic E-state index is -0.591. The van der Waals surface area contributed by atoms with Crippen LogP contribution in [0.2, 0.25) is 0 Å². The van der Waals surface area contributed by atoms with Crippen LogP contribution in [-0.4, -0.2) is 102 Å². The molecule has 1 fully saturated rings. The van der Waals surface area contributed by atoms with Crippen molar-refractivity contribution in [2.24, 2.45) is 11.5 Å². The molecule has 2 amide bonds. The number of carbonyl (C=O) groups excluding carboxylic acids is 3. The van der Waals surface area contributed by atoms with E-state index >= 15 is 0 Å². The Morgan fingerprint density at radius 3 is 2.31 bits per heavy atom. The minimum Gasteiger partial charge on any atom is -0.494 e. The van der Waals surface area contributed by atoms with Crippen molar-refractivity contribution < 1.29 is 28.6 Å². The molecule has 16 heteroatoms. The van der Waals surface area contributed by atoms with E-state index in [1.165, 1.54) is 13.2 Å². The van der Waals surface area contributed by atoms with Crippen molar-refractivity contribution in [1.82, 2.24) is 24.2 Å². The fourth-order valence-electron chi connectivity index (χ4n) is 5.53. The van der Waals surface area contributed by atoms with Gasteiger partial charge >= 0.3 is 0 Å². The van der Waals surface area contributed by atoms with E-state index in [0.29, 0.717) is 65.3 Å². The van der Waals surface area contributed by atoms with Gasteiger partial charge in [-0.3, -0.25) is 24.0 Å². The van der Waals surface area contributed by atoms with Gasteiger partial charge in [-0.05, 0) is 44.2 Å². The number of rotatable bonds is 16. The van der Waals surface area contributed by atoms with Crippen LogP contribution in [-0.2, 0) is 17.8 Å². The maximum Gasteiger partial charge on any atom is 0.248 e. The Balaban J connectivity index is 0.000000521. The molecule has 3 heterocycles. The highest BCUT2D eigenvalue weighted by atomic mass is 16.5. The molecule has 5 rings (SSSR count). The molecule has 0 bridgehead atoms. The zero-order valence-corrected chi connectivity index (χ0v) is 30.1. The number of carbonyl (C=O) groups is 3. The predicted molar refractivity (Wildman–Crippen MR) is 201 cm³/mol. The van der Waals surface area contributed by atoms with Crippen molar-refractivity contribution in [3.05, 3.63) is 77.2 Å². The van der Waals surface area contributed by atoms with Crippen LogP contribution in [0.4, 0.5) is 17.3 Å². The van der Waals surface area contributed by atoms with Crippen LogP contribution in [0.1, 0.15) is 43.8 Å². The molecule has 0 atom stereocenters. The number of aryl methyl sites for hydroxylation is 2. The van der Waals surface area contributed by atoms with Gasteiger partial charge in [0.25, 0.3) is 0 Å². The summed E-state index contributed by atoms with van der Waals surface area (Å²) in [6.07, 6.45) is 8.69. The van der Waals surface area contributed by atoms with Crippen molar-refractivity contribution in [3.63, 3.8) is 0 Å². The van der Waals surface area contributed by atoms with Gasteiger partial charge in [-0.25, -0.2) is 4.98 Å². The number of primary amides is 2. The van der Waals surface area contributed by atoms with E-state index in [9.17, 15) is 14.4 Å². The summed E-state index contributed by atoms with van der Waals surface area (Å²) in [4.78, 5) is 40.8. The van der Waals surface area contributed by atoms with E-state index in [1.54, 1.807) is 36.0 Å². The molecule has 0 aliphatic carbocycles. The van der Waals surface area contributed by atoms with Gasteiger partial charge in [0.15, 0.2) is 6.29 Å². The standard InChI is InChI=1S/C29H38N8O5.C7H10N2O/c1-33-29-35-22-16-20(28(32)39)18-24(40-2)26(22)37(29)9-4-3-7-34-25-21(30)15-19(27(31)38)17-23(25)42-12-6-5-8-36-10-13-41-14-11-36;1-3-9-7(5-10)4-6(2)8-9/h3-6,15-18,34H,7-14,30H2,1-2H3,(H2,31,38)(H2,32,39)(H,33,35);4-5H,3H2,1-2H3/b4-3+,6-5-;. The molecule has 52 heavy (non-hydrogen) atoms. The van der Waals surface area contributed by atoms with Gasteiger partial charge in [-0.2, -0.15) is 5.10 Å². The summed E-state index contributed by atoms with van der Waals surface area (Å²) in [7, 11) is 3.30. The molecule has 1 aliphatic rings. The topological polar surface area (TPSA) is 220 Å². The lowest BCUT2D eigenvalue weighted by molar-refractivity contribution is 0.0434. The first kappa shape index (κ1) is 38.9. The first-order valence-electron chi connectivity index (χ1n) is 16.9. The molecular formula is C36H48N10O6. The number of allylic oxidation sites excluding steroid dienone is 1. The number of ether oxygens (including phenoxy) is 3. The zero-order valence-electron chi connectivity index (χ0n) is 30.1. The number of hydrogen-bond donors (Lipinski definition) is 5. The number of fused-ring (bicyclic) bond motifs is 1. The summed E-state index contributed by atoms with van der Waals surface area (Å²) in [6.45, 7) is 9.88. The number of amides is 2. The molecule has 0 spiro atoms. The lowest BCUT2D eigenvalue weighted by Crippen LogP contribution is -2.36. The van der Waals surface area contributed by atoms with Crippen molar-refractivity contribution in [3.8, 4) is 11.5 Å². The Morgan fingerprint density at radius 2 is 1.67 bits per heavy atom. The normalized spacial score (nSPS) is 13.2. The minimum absolute atomic E-state index is 0.265. The van der Waals surface area contributed by atoms with Crippen LogP contribution in [0, 0.1) is 6.92 Å². The van der Waals surface area contributed by atoms with Crippen molar-refractivity contribution >= 4 is 46.5 Å². The molecule has 0 radical (unpaired) electrons.